The normalized spacial score (nSPS) is 14.9. The fraction of sp³-hybridized carbons (Fsp3) is 0.208. The van der Waals surface area contributed by atoms with Crippen molar-refractivity contribution in [1.82, 2.24) is 15.1 Å². The van der Waals surface area contributed by atoms with Crippen molar-refractivity contribution >= 4 is 17.1 Å². The summed E-state index contributed by atoms with van der Waals surface area (Å²) in [5.74, 6) is 2.01. The molecule has 0 atom stereocenters. The lowest BCUT2D eigenvalue weighted by atomic mass is 10.1. The van der Waals surface area contributed by atoms with Crippen LogP contribution in [0.15, 0.2) is 65.3 Å². The molecule has 0 N–H and O–H groups in total. The molecule has 0 spiro atoms. The summed E-state index contributed by atoms with van der Waals surface area (Å²) in [5.41, 5.74) is 2.65. The molecule has 2 aromatic carbocycles. The van der Waals surface area contributed by atoms with Crippen LogP contribution in [0.4, 0.5) is 17.1 Å². The molecule has 1 fully saturated rings. The van der Waals surface area contributed by atoms with E-state index in [1.54, 1.807) is 30.5 Å². The monoisotopic (exact) mass is 472 g/mol. The first-order valence-corrected chi connectivity index (χ1v) is 11.1. The third-order valence-electron chi connectivity index (χ3n) is 6.08. The van der Waals surface area contributed by atoms with E-state index in [0.717, 1.165) is 30.3 Å². The second-order valence-corrected chi connectivity index (χ2v) is 8.11. The molecule has 0 unspecified atom stereocenters. The highest BCUT2D eigenvalue weighted by atomic mass is 16.7. The zero-order valence-electron chi connectivity index (χ0n) is 18.5. The van der Waals surface area contributed by atoms with Gasteiger partial charge in [-0.05, 0) is 36.4 Å². The highest BCUT2D eigenvalue weighted by Crippen LogP contribution is 2.37. The molecular weight excluding hydrogens is 452 g/mol. The van der Waals surface area contributed by atoms with Crippen LogP contribution in [0, 0.1) is 10.1 Å². The number of anilines is 2. The van der Waals surface area contributed by atoms with E-state index in [2.05, 4.69) is 20.0 Å². The largest absolute Gasteiger partial charge is 0.454 e. The number of nitro benzene ring substituents is 1. The van der Waals surface area contributed by atoms with Crippen LogP contribution in [0.5, 0.6) is 11.5 Å². The second-order valence-electron chi connectivity index (χ2n) is 8.11. The second kappa shape index (κ2) is 8.60. The minimum absolute atomic E-state index is 0.00313. The number of ether oxygens (including phenoxy) is 2. The third-order valence-corrected chi connectivity index (χ3v) is 6.08. The molecule has 0 amide bonds. The Hall–Kier alpha value is -4.67. The van der Waals surface area contributed by atoms with Gasteiger partial charge in [0, 0.05) is 55.8 Å². The number of piperazine rings is 1. The summed E-state index contributed by atoms with van der Waals surface area (Å²) in [6, 6.07) is 16.3. The Bertz CT molecular complexity index is 1380. The number of rotatable bonds is 5. The van der Waals surface area contributed by atoms with E-state index in [9.17, 15) is 10.1 Å². The number of aromatic nitrogens is 3. The minimum Gasteiger partial charge on any atom is -0.454 e. The van der Waals surface area contributed by atoms with E-state index in [1.807, 2.05) is 29.2 Å². The molecule has 2 aliphatic rings. The number of nitro groups is 1. The Kier molecular flexibility index (Phi) is 5.13. The summed E-state index contributed by atoms with van der Waals surface area (Å²) in [6.07, 6.45) is 1.64. The quantitative estimate of drug-likeness (QED) is 0.314. The van der Waals surface area contributed by atoms with Gasteiger partial charge in [-0.15, -0.1) is 0 Å². The van der Waals surface area contributed by atoms with Gasteiger partial charge in [0.1, 0.15) is 11.4 Å². The van der Waals surface area contributed by atoms with E-state index in [0.29, 0.717) is 35.9 Å². The summed E-state index contributed by atoms with van der Waals surface area (Å²) >= 11 is 0. The van der Waals surface area contributed by atoms with Gasteiger partial charge in [0.15, 0.2) is 11.5 Å². The average Bonchev–Trinajstić information content (AvgIpc) is 3.59. The molecule has 0 radical (unpaired) electrons. The molecule has 11 nitrogen and oxygen atoms in total. The maximum Gasteiger partial charge on any atom is 0.293 e. The summed E-state index contributed by atoms with van der Waals surface area (Å²) < 4.78 is 16.2. The van der Waals surface area contributed by atoms with Gasteiger partial charge in [-0.1, -0.05) is 11.2 Å². The molecule has 2 aliphatic heterocycles. The molecule has 35 heavy (non-hydrogen) atoms. The van der Waals surface area contributed by atoms with E-state index in [1.165, 1.54) is 6.07 Å². The number of nitrogens with zero attached hydrogens (tertiary/aromatic N) is 6. The van der Waals surface area contributed by atoms with Gasteiger partial charge < -0.3 is 23.8 Å². The first-order chi connectivity index (χ1) is 17.2. The fourth-order valence-corrected chi connectivity index (χ4v) is 4.30. The molecule has 1 saturated heterocycles. The maximum absolute atomic E-state index is 11.9. The van der Waals surface area contributed by atoms with Crippen molar-refractivity contribution in [3.63, 3.8) is 0 Å². The standard InChI is InChI=1S/C24H20N6O5/c31-30(32)20-13-16(24-26-23(27-35-24)18-3-1-2-8-25-18)4-6-19(20)29-11-9-28(10-12-29)17-5-7-21-22(14-17)34-15-33-21/h1-8,13-14H,9-12,15H2. The Labute approximate surface area is 199 Å². The SMILES string of the molecule is O=[N+]([O-])c1cc(-c2nc(-c3ccccn3)no2)ccc1N1CCN(c2ccc3c(c2)OCO3)CC1. The van der Waals surface area contributed by atoms with Gasteiger partial charge in [0.25, 0.3) is 11.6 Å². The first kappa shape index (κ1) is 20.9. The Morgan fingerprint density at radius 3 is 2.54 bits per heavy atom. The van der Waals surface area contributed by atoms with Gasteiger partial charge in [-0.3, -0.25) is 15.1 Å². The number of hydrogen-bond acceptors (Lipinski definition) is 10. The number of benzene rings is 2. The maximum atomic E-state index is 11.9. The van der Waals surface area contributed by atoms with Gasteiger partial charge in [-0.2, -0.15) is 4.98 Å². The number of pyridine rings is 1. The zero-order valence-corrected chi connectivity index (χ0v) is 18.5. The van der Waals surface area contributed by atoms with Crippen LogP contribution >= 0.6 is 0 Å². The Morgan fingerprint density at radius 1 is 0.914 bits per heavy atom. The molecule has 0 aliphatic carbocycles. The zero-order chi connectivity index (χ0) is 23.8. The average molecular weight is 472 g/mol. The molecule has 4 heterocycles. The van der Waals surface area contributed by atoms with Crippen molar-refractivity contribution in [2.75, 3.05) is 42.8 Å². The van der Waals surface area contributed by atoms with Crippen molar-refractivity contribution in [3.05, 3.63) is 70.9 Å². The van der Waals surface area contributed by atoms with Gasteiger partial charge in [0.2, 0.25) is 12.6 Å². The van der Waals surface area contributed by atoms with Gasteiger partial charge in [-0.25, -0.2) is 0 Å². The molecule has 2 aromatic heterocycles. The van der Waals surface area contributed by atoms with E-state index in [-0.39, 0.29) is 23.3 Å². The summed E-state index contributed by atoms with van der Waals surface area (Å²) in [6.45, 7) is 2.95. The molecule has 6 rings (SSSR count). The fourth-order valence-electron chi connectivity index (χ4n) is 4.30. The van der Waals surface area contributed by atoms with Crippen LogP contribution in [-0.2, 0) is 0 Å². The van der Waals surface area contributed by atoms with Gasteiger partial charge in [0.05, 0.1) is 4.92 Å². The van der Waals surface area contributed by atoms with Crippen molar-refractivity contribution in [2.45, 2.75) is 0 Å². The molecule has 0 bridgehead atoms. The lowest BCUT2D eigenvalue weighted by molar-refractivity contribution is -0.384. The Balaban J connectivity index is 1.21. The predicted octanol–water partition coefficient (Wildman–Crippen LogP) is 3.76. The lowest BCUT2D eigenvalue weighted by Gasteiger charge is -2.37. The molecule has 0 saturated carbocycles. The van der Waals surface area contributed by atoms with Crippen LogP contribution in [-0.4, -0.2) is 53.0 Å². The summed E-state index contributed by atoms with van der Waals surface area (Å²) in [7, 11) is 0. The third kappa shape index (κ3) is 3.97. The Morgan fingerprint density at radius 2 is 1.74 bits per heavy atom. The van der Waals surface area contributed by atoms with Crippen molar-refractivity contribution < 1.29 is 18.9 Å². The van der Waals surface area contributed by atoms with Crippen LogP contribution < -0.4 is 19.3 Å². The lowest BCUT2D eigenvalue weighted by Crippen LogP contribution is -2.46. The summed E-state index contributed by atoms with van der Waals surface area (Å²) in [4.78, 5) is 24.4. The molecule has 11 heteroatoms. The molecule has 176 valence electrons. The molecule has 4 aromatic rings. The van der Waals surface area contributed by atoms with Crippen molar-refractivity contribution in [2.24, 2.45) is 0 Å². The van der Waals surface area contributed by atoms with Crippen LogP contribution in [0.3, 0.4) is 0 Å². The minimum atomic E-state index is -0.376. The summed E-state index contributed by atoms with van der Waals surface area (Å²) in [5, 5.41) is 15.9. The van der Waals surface area contributed by atoms with Crippen LogP contribution in [0.25, 0.3) is 23.0 Å². The first-order valence-electron chi connectivity index (χ1n) is 11.1. The highest BCUT2D eigenvalue weighted by molar-refractivity contribution is 5.72. The van der Waals surface area contributed by atoms with Crippen LogP contribution in [0.1, 0.15) is 0 Å². The number of hydrogen-bond donors (Lipinski definition) is 0. The smallest absolute Gasteiger partial charge is 0.293 e. The van der Waals surface area contributed by atoms with Gasteiger partial charge >= 0.3 is 0 Å². The molecular formula is C24H20N6O5. The predicted molar refractivity (Wildman–Crippen MR) is 127 cm³/mol. The van der Waals surface area contributed by atoms with Crippen molar-refractivity contribution in [3.8, 4) is 34.5 Å². The topological polar surface area (TPSA) is 120 Å². The van der Waals surface area contributed by atoms with E-state index < -0.39 is 0 Å². The van der Waals surface area contributed by atoms with E-state index >= 15 is 0 Å². The van der Waals surface area contributed by atoms with Crippen molar-refractivity contribution in [1.29, 1.82) is 0 Å². The number of fused-ring (bicyclic) bond motifs is 1. The highest BCUT2D eigenvalue weighted by Gasteiger charge is 2.26. The van der Waals surface area contributed by atoms with E-state index in [4.69, 9.17) is 14.0 Å². The van der Waals surface area contributed by atoms with Crippen LogP contribution in [0.2, 0.25) is 0 Å².